The first-order chi connectivity index (χ1) is 11.2. The molecule has 2 aliphatic heterocycles. The Morgan fingerprint density at radius 1 is 1.22 bits per heavy atom. The number of rotatable bonds is 2. The zero-order chi connectivity index (χ0) is 16.0. The smallest absolute Gasteiger partial charge is 0.287 e. The standard InChI is InChI=1S/C15H11ClIN5O/c16-9-1-3-10(4-2-9)22-14(23)12-13(19-6-5-18-12)21-11(7-17)8-20-15(21)22/h1-6,11H,7-8H2. The van der Waals surface area contributed by atoms with Gasteiger partial charge in [-0.25, -0.2) is 19.9 Å². The summed E-state index contributed by atoms with van der Waals surface area (Å²) in [5, 5.41) is 0.619. The van der Waals surface area contributed by atoms with Crippen LogP contribution in [0.1, 0.15) is 10.5 Å². The van der Waals surface area contributed by atoms with Gasteiger partial charge < -0.3 is 0 Å². The van der Waals surface area contributed by atoms with E-state index in [0.29, 0.717) is 34.7 Å². The van der Waals surface area contributed by atoms with Crippen LogP contribution in [0.15, 0.2) is 41.7 Å². The van der Waals surface area contributed by atoms with Crippen LogP contribution in [0.25, 0.3) is 0 Å². The molecule has 1 aromatic carbocycles. The van der Waals surface area contributed by atoms with E-state index < -0.39 is 0 Å². The summed E-state index contributed by atoms with van der Waals surface area (Å²) in [6.45, 7) is 0.631. The minimum absolute atomic E-state index is 0.170. The monoisotopic (exact) mass is 439 g/mol. The molecule has 23 heavy (non-hydrogen) atoms. The lowest BCUT2D eigenvalue weighted by molar-refractivity contribution is 0.0995. The summed E-state index contributed by atoms with van der Waals surface area (Å²) in [5.74, 6) is 0.965. The van der Waals surface area contributed by atoms with Crippen LogP contribution >= 0.6 is 34.2 Å². The van der Waals surface area contributed by atoms with Crippen molar-refractivity contribution in [1.82, 2.24) is 9.97 Å². The molecular formula is C15H11ClIN5O. The van der Waals surface area contributed by atoms with Crippen LogP contribution in [0.5, 0.6) is 0 Å². The first-order valence-corrected chi connectivity index (χ1v) is 8.91. The number of benzene rings is 1. The van der Waals surface area contributed by atoms with E-state index in [1.54, 1.807) is 35.4 Å². The molecule has 6 nitrogen and oxygen atoms in total. The molecule has 1 atom stereocenters. The highest BCUT2D eigenvalue weighted by atomic mass is 127. The molecule has 0 aliphatic carbocycles. The number of hydrogen-bond acceptors (Lipinski definition) is 5. The summed E-state index contributed by atoms with van der Waals surface area (Å²) in [6.07, 6.45) is 3.14. The molecule has 2 aromatic rings. The predicted molar refractivity (Wildman–Crippen MR) is 97.7 cm³/mol. The minimum atomic E-state index is -0.223. The molecule has 1 amide bonds. The van der Waals surface area contributed by atoms with Gasteiger partial charge in [0.15, 0.2) is 11.5 Å². The first kappa shape index (κ1) is 14.8. The van der Waals surface area contributed by atoms with Crippen molar-refractivity contribution >= 4 is 57.6 Å². The van der Waals surface area contributed by atoms with Crippen LogP contribution in [-0.2, 0) is 0 Å². The van der Waals surface area contributed by atoms with Crippen LogP contribution < -0.4 is 9.80 Å². The van der Waals surface area contributed by atoms with E-state index in [2.05, 4.69) is 37.6 Å². The molecule has 0 radical (unpaired) electrons. The number of guanidine groups is 1. The molecule has 1 unspecified atom stereocenters. The van der Waals surface area contributed by atoms with Gasteiger partial charge >= 0.3 is 0 Å². The van der Waals surface area contributed by atoms with Crippen LogP contribution in [0.4, 0.5) is 11.5 Å². The van der Waals surface area contributed by atoms with Gasteiger partial charge in [0.05, 0.1) is 18.3 Å². The van der Waals surface area contributed by atoms with E-state index in [4.69, 9.17) is 11.6 Å². The van der Waals surface area contributed by atoms with E-state index in [0.717, 1.165) is 4.43 Å². The summed E-state index contributed by atoms with van der Waals surface area (Å²) >= 11 is 8.28. The van der Waals surface area contributed by atoms with Crippen molar-refractivity contribution in [3.63, 3.8) is 0 Å². The Balaban J connectivity index is 1.88. The average Bonchev–Trinajstić information content (AvgIpc) is 3.00. The second-order valence-corrected chi connectivity index (χ2v) is 6.48. The third kappa shape index (κ3) is 2.29. The number of hydrogen-bond donors (Lipinski definition) is 0. The Labute approximate surface area is 151 Å². The molecule has 4 rings (SSSR count). The van der Waals surface area contributed by atoms with Crippen LogP contribution in [0.2, 0.25) is 5.02 Å². The van der Waals surface area contributed by atoms with Gasteiger partial charge in [0.25, 0.3) is 5.91 Å². The summed E-state index contributed by atoms with van der Waals surface area (Å²) < 4.78 is 0.878. The summed E-state index contributed by atoms with van der Waals surface area (Å²) in [6, 6.07) is 7.29. The van der Waals surface area contributed by atoms with E-state index in [-0.39, 0.29) is 11.9 Å². The van der Waals surface area contributed by atoms with Crippen molar-refractivity contribution in [2.75, 3.05) is 20.8 Å². The molecule has 0 N–H and O–H groups in total. The number of aromatic nitrogens is 2. The highest BCUT2D eigenvalue weighted by Crippen LogP contribution is 2.33. The number of amides is 1. The topological polar surface area (TPSA) is 61.7 Å². The Morgan fingerprint density at radius 2 is 1.96 bits per heavy atom. The number of halogens is 2. The second-order valence-electron chi connectivity index (χ2n) is 5.16. The number of carbonyl (C=O) groups excluding carboxylic acids is 1. The van der Waals surface area contributed by atoms with Crippen molar-refractivity contribution in [3.8, 4) is 0 Å². The predicted octanol–water partition coefficient (Wildman–Crippen LogP) is 2.77. The fourth-order valence-corrected chi connectivity index (χ4v) is 3.55. The molecular weight excluding hydrogens is 429 g/mol. The number of alkyl halides is 1. The highest BCUT2D eigenvalue weighted by Gasteiger charge is 2.43. The number of fused-ring (bicyclic) bond motifs is 3. The number of anilines is 2. The zero-order valence-electron chi connectivity index (χ0n) is 11.9. The largest absolute Gasteiger partial charge is 0.288 e. The number of nitrogens with zero attached hydrogens (tertiary/aromatic N) is 5. The minimum Gasteiger partial charge on any atom is -0.288 e. The van der Waals surface area contributed by atoms with Crippen molar-refractivity contribution in [2.24, 2.45) is 4.99 Å². The van der Waals surface area contributed by atoms with Crippen molar-refractivity contribution in [3.05, 3.63) is 47.4 Å². The normalized spacial score (nSPS) is 19.5. The Bertz CT molecular complexity index is 810. The molecule has 0 saturated heterocycles. The highest BCUT2D eigenvalue weighted by molar-refractivity contribution is 14.1. The fourth-order valence-electron chi connectivity index (χ4n) is 2.75. The van der Waals surface area contributed by atoms with Crippen molar-refractivity contribution < 1.29 is 4.79 Å². The lowest BCUT2D eigenvalue weighted by Gasteiger charge is -2.36. The van der Waals surface area contributed by atoms with Crippen LogP contribution in [-0.4, -0.2) is 38.8 Å². The molecule has 1 aromatic heterocycles. The second kappa shape index (κ2) is 5.72. The lowest BCUT2D eigenvalue weighted by atomic mass is 10.2. The molecule has 8 heteroatoms. The maximum absolute atomic E-state index is 12.9. The molecule has 0 spiro atoms. The van der Waals surface area contributed by atoms with Crippen LogP contribution in [0, 0.1) is 0 Å². The van der Waals surface area contributed by atoms with Gasteiger partial charge in [-0.3, -0.25) is 9.69 Å². The maximum atomic E-state index is 12.9. The van der Waals surface area contributed by atoms with E-state index in [9.17, 15) is 4.79 Å². The van der Waals surface area contributed by atoms with Gasteiger partial charge in [-0.2, -0.15) is 0 Å². The molecule has 3 heterocycles. The average molecular weight is 440 g/mol. The van der Waals surface area contributed by atoms with Gasteiger partial charge in [-0.1, -0.05) is 34.2 Å². The number of carbonyl (C=O) groups is 1. The van der Waals surface area contributed by atoms with Crippen LogP contribution in [0.3, 0.4) is 0 Å². The molecule has 0 bridgehead atoms. The Kier molecular flexibility index (Phi) is 3.68. The maximum Gasteiger partial charge on any atom is 0.287 e. The number of aliphatic imine (C=N–C) groups is 1. The van der Waals surface area contributed by atoms with E-state index in [1.807, 2.05) is 4.90 Å². The Morgan fingerprint density at radius 3 is 2.70 bits per heavy atom. The van der Waals surface area contributed by atoms with Gasteiger partial charge in [0.2, 0.25) is 5.96 Å². The third-order valence-electron chi connectivity index (χ3n) is 3.80. The van der Waals surface area contributed by atoms with Gasteiger partial charge in [-0.15, -0.1) is 0 Å². The zero-order valence-corrected chi connectivity index (χ0v) is 14.8. The van der Waals surface area contributed by atoms with E-state index >= 15 is 0 Å². The third-order valence-corrected chi connectivity index (χ3v) is 5.07. The first-order valence-electron chi connectivity index (χ1n) is 7.01. The van der Waals surface area contributed by atoms with E-state index in [1.165, 1.54) is 6.20 Å². The lowest BCUT2D eigenvalue weighted by Crippen LogP contribution is -2.54. The molecule has 0 fully saturated rings. The van der Waals surface area contributed by atoms with Crippen molar-refractivity contribution in [2.45, 2.75) is 6.04 Å². The summed E-state index contributed by atoms with van der Waals surface area (Å²) in [5.41, 5.74) is 1.06. The van der Waals surface area contributed by atoms with Crippen molar-refractivity contribution in [1.29, 1.82) is 0 Å². The summed E-state index contributed by atoms with van der Waals surface area (Å²) in [4.78, 5) is 29.7. The quantitative estimate of drug-likeness (QED) is 0.533. The molecule has 2 aliphatic rings. The molecule has 0 saturated carbocycles. The fraction of sp³-hybridized carbons (Fsp3) is 0.200. The Hall–Kier alpha value is -1.74. The molecule has 116 valence electrons. The van der Waals surface area contributed by atoms with Gasteiger partial charge in [-0.05, 0) is 24.3 Å². The van der Waals surface area contributed by atoms with Gasteiger partial charge in [0.1, 0.15) is 0 Å². The van der Waals surface area contributed by atoms with Gasteiger partial charge in [0, 0.05) is 21.8 Å². The SMILES string of the molecule is O=C1c2nccnc2N2C(=NCC2CI)N1c1ccc(Cl)cc1. The summed E-state index contributed by atoms with van der Waals surface area (Å²) in [7, 11) is 0.